The van der Waals surface area contributed by atoms with E-state index in [1.165, 1.54) is 35.3 Å². The largest absolute Gasteiger partial charge is 0.416 e. The summed E-state index contributed by atoms with van der Waals surface area (Å²) in [7, 11) is -4.94. The summed E-state index contributed by atoms with van der Waals surface area (Å²) in [5.74, 6) is 0. The molecule has 3 aromatic rings. The van der Waals surface area contributed by atoms with Crippen LogP contribution in [0.4, 0.5) is 18.9 Å². The molecule has 12 heteroatoms. The van der Waals surface area contributed by atoms with Gasteiger partial charge in [0.25, 0.3) is 5.01 Å². The van der Waals surface area contributed by atoms with E-state index in [0.717, 1.165) is 20.8 Å². The number of allylic oxidation sites excluding steroid dienone is 2. The molecule has 1 aromatic heterocycles. The molecule has 1 aliphatic heterocycles. The van der Waals surface area contributed by atoms with E-state index in [9.17, 15) is 13.2 Å². The van der Waals surface area contributed by atoms with E-state index in [-0.39, 0.29) is 0 Å². The Morgan fingerprint density at radius 1 is 1.03 bits per heavy atom. The zero-order valence-corrected chi connectivity index (χ0v) is 20.4. The fourth-order valence-corrected chi connectivity index (χ4v) is 5.80. The summed E-state index contributed by atoms with van der Waals surface area (Å²) in [5.41, 5.74) is 1.27. The molecule has 0 fully saturated rings. The lowest BCUT2D eigenvalue weighted by molar-refractivity contribution is -2.00. The van der Waals surface area contributed by atoms with E-state index in [1.54, 1.807) is 0 Å². The van der Waals surface area contributed by atoms with Gasteiger partial charge in [0, 0.05) is 23.6 Å². The molecule has 0 atom stereocenters. The highest BCUT2D eigenvalue weighted by molar-refractivity contribution is 8.03. The van der Waals surface area contributed by atoms with Gasteiger partial charge in [-0.2, -0.15) is 17.7 Å². The molecule has 0 aliphatic carbocycles. The number of nitrogens with zero attached hydrogens (tertiary/aromatic N) is 2. The van der Waals surface area contributed by atoms with Crippen LogP contribution in [-0.4, -0.2) is 12.7 Å². The zero-order valence-electron chi connectivity index (χ0n) is 18.0. The Bertz CT molecular complexity index is 1220. The first kappa shape index (κ1) is 26.5. The number of aryl methyl sites for hydroxylation is 1. The molecule has 0 saturated carbocycles. The topological polar surface area (TPSA) is 99.4 Å². The van der Waals surface area contributed by atoms with Crippen molar-refractivity contribution in [2.45, 2.75) is 31.5 Å². The van der Waals surface area contributed by atoms with Crippen LogP contribution in [0.1, 0.15) is 18.9 Å². The summed E-state index contributed by atoms with van der Waals surface area (Å²) in [6, 6.07) is 15.4. The Kier molecular flexibility index (Phi) is 8.30. The van der Waals surface area contributed by atoms with Crippen molar-refractivity contribution in [1.29, 1.82) is 0 Å². The number of hydrogen-bond acceptors (Lipinski definition) is 7. The van der Waals surface area contributed by atoms with Crippen molar-refractivity contribution in [2.24, 2.45) is 0 Å². The van der Waals surface area contributed by atoms with Crippen molar-refractivity contribution in [2.75, 3.05) is 11.4 Å². The van der Waals surface area contributed by atoms with Crippen molar-refractivity contribution in [1.82, 2.24) is 0 Å². The Labute approximate surface area is 204 Å². The molecule has 0 N–H and O–H groups in total. The van der Waals surface area contributed by atoms with E-state index in [4.69, 9.17) is 18.6 Å². The number of alkyl halides is 3. The number of para-hydroxylation sites is 2. The maximum absolute atomic E-state index is 14.0. The average molecular weight is 533 g/mol. The van der Waals surface area contributed by atoms with Crippen LogP contribution >= 0.6 is 23.1 Å². The highest BCUT2D eigenvalue weighted by Crippen LogP contribution is 2.47. The molecule has 1 aliphatic rings. The first-order valence-electron chi connectivity index (χ1n) is 10.0. The number of fused-ring (bicyclic) bond motifs is 2. The third-order valence-corrected chi connectivity index (χ3v) is 7.02. The summed E-state index contributed by atoms with van der Waals surface area (Å²) >= 11 is 2.76. The second kappa shape index (κ2) is 10.6. The molecule has 182 valence electrons. The van der Waals surface area contributed by atoms with Gasteiger partial charge in [-0.25, -0.2) is 18.6 Å². The fraction of sp³-hybridized carbons (Fsp3) is 0.227. The van der Waals surface area contributed by atoms with E-state index >= 15 is 0 Å². The molecular formula is C22H20ClF3N2O4S2. The second-order valence-corrected chi connectivity index (χ2v) is 9.80. The third-order valence-electron chi connectivity index (χ3n) is 4.79. The Balaban J connectivity index is 0.000000588. The Morgan fingerprint density at radius 3 is 2.26 bits per heavy atom. The molecular weight excluding hydrogens is 513 g/mol. The number of thiazole rings is 1. The molecule has 34 heavy (non-hydrogen) atoms. The van der Waals surface area contributed by atoms with Crippen molar-refractivity contribution in [3.63, 3.8) is 0 Å². The normalized spacial score (nSPS) is 15.5. The predicted octanol–water partition coefficient (Wildman–Crippen LogP) is 1.87. The molecule has 0 radical (unpaired) electrons. The van der Waals surface area contributed by atoms with Crippen LogP contribution in [0.3, 0.4) is 0 Å². The van der Waals surface area contributed by atoms with Crippen LogP contribution in [0.25, 0.3) is 16.3 Å². The maximum atomic E-state index is 14.0. The van der Waals surface area contributed by atoms with Crippen molar-refractivity contribution in [3.8, 4) is 0 Å². The van der Waals surface area contributed by atoms with Crippen LogP contribution in [0.2, 0.25) is 0 Å². The number of rotatable bonds is 4. The molecule has 6 nitrogen and oxygen atoms in total. The van der Waals surface area contributed by atoms with Gasteiger partial charge in [-0.15, -0.1) is 10.2 Å². The van der Waals surface area contributed by atoms with Gasteiger partial charge in [0.05, 0.1) is 16.3 Å². The number of aromatic nitrogens is 1. The minimum Gasteiger partial charge on any atom is -0.335 e. The van der Waals surface area contributed by atoms with Crippen LogP contribution in [-0.2, 0) is 6.54 Å². The summed E-state index contributed by atoms with van der Waals surface area (Å²) in [6.07, 6.45) is -1.89. The maximum Gasteiger partial charge on any atom is 0.416 e. The van der Waals surface area contributed by atoms with E-state index in [2.05, 4.69) is 0 Å². The van der Waals surface area contributed by atoms with Crippen molar-refractivity contribution in [3.05, 3.63) is 70.2 Å². The lowest BCUT2D eigenvalue weighted by atomic mass is 10.2. The van der Waals surface area contributed by atoms with Gasteiger partial charge in [0.1, 0.15) is 11.2 Å². The Hall–Kier alpha value is -2.12. The van der Waals surface area contributed by atoms with Gasteiger partial charge in [-0.1, -0.05) is 47.4 Å². The first-order chi connectivity index (χ1) is 15.9. The summed E-state index contributed by atoms with van der Waals surface area (Å²) < 4.78 is 78.8. The van der Waals surface area contributed by atoms with E-state index in [1.807, 2.05) is 71.8 Å². The molecule has 2 heterocycles. The van der Waals surface area contributed by atoms with Crippen LogP contribution in [0.5, 0.6) is 0 Å². The molecule has 0 amide bonds. The number of hydrogen-bond donors (Lipinski definition) is 0. The smallest absolute Gasteiger partial charge is 0.335 e. The highest BCUT2D eigenvalue weighted by Gasteiger charge is 2.36. The second-order valence-electron chi connectivity index (χ2n) is 6.92. The summed E-state index contributed by atoms with van der Waals surface area (Å²) in [4.78, 5) is 2.91. The van der Waals surface area contributed by atoms with Crippen molar-refractivity contribution < 1.29 is 46.6 Å². The van der Waals surface area contributed by atoms with Crippen molar-refractivity contribution >= 4 is 45.1 Å². The summed E-state index contributed by atoms with van der Waals surface area (Å²) in [5, 5.41) is 1.20. The SMILES string of the molecule is CCN1/C(=C\C(=C\c2sc3ccccc3[n+]2CC)C(F)(F)F)Sc2ccccc21.[O-][Cl+3]([O-])([O-])[O-]. The van der Waals surface area contributed by atoms with Gasteiger partial charge >= 0.3 is 6.18 Å². The minimum absolute atomic E-state index is 0.599. The van der Waals surface area contributed by atoms with Crippen LogP contribution in [0.15, 0.2) is 70.1 Å². The molecule has 0 unspecified atom stereocenters. The van der Waals surface area contributed by atoms with Crippen LogP contribution in [0, 0.1) is 10.2 Å². The fourth-order valence-electron chi connectivity index (χ4n) is 3.44. The van der Waals surface area contributed by atoms with Gasteiger partial charge < -0.3 is 4.90 Å². The van der Waals surface area contributed by atoms with Gasteiger partial charge in [0.2, 0.25) is 5.52 Å². The quantitative estimate of drug-likeness (QED) is 0.476. The minimum atomic E-state index is -4.94. The zero-order chi connectivity index (χ0) is 25.1. The number of benzene rings is 2. The Morgan fingerprint density at radius 2 is 1.65 bits per heavy atom. The lowest BCUT2D eigenvalue weighted by Crippen LogP contribution is -2.68. The summed E-state index contributed by atoms with van der Waals surface area (Å²) in [6.45, 7) is 5.12. The monoisotopic (exact) mass is 532 g/mol. The van der Waals surface area contributed by atoms with E-state index < -0.39 is 22.0 Å². The number of thioether (sulfide) groups is 1. The van der Waals surface area contributed by atoms with Gasteiger partial charge in [-0.3, -0.25) is 0 Å². The van der Waals surface area contributed by atoms with Gasteiger partial charge in [-0.05, 0) is 38.1 Å². The standard InChI is InChI=1S/C22H20F3N2S2.ClHO4/c1-3-26-16-9-5-7-11-18(16)28-20(26)13-15(22(23,24)25)14-21-27(4-2)17-10-6-8-12-19(17)29-21;2-1(3,4)5/h5-14H,3-4H2,1-2H3;(H,2,3,4,5)/q+1;/p-1. The predicted molar refractivity (Wildman–Crippen MR) is 115 cm³/mol. The average Bonchev–Trinajstić information content (AvgIpc) is 3.28. The van der Waals surface area contributed by atoms with Gasteiger partial charge in [0.15, 0.2) is 0 Å². The molecule has 4 rings (SSSR count). The first-order valence-corrected chi connectivity index (χ1v) is 12.9. The lowest BCUT2D eigenvalue weighted by Gasteiger charge is -2.18. The molecule has 0 bridgehead atoms. The molecule has 2 aromatic carbocycles. The number of halogens is 4. The van der Waals surface area contributed by atoms with E-state index in [0.29, 0.717) is 23.1 Å². The molecule has 0 spiro atoms. The molecule has 0 saturated heterocycles. The number of anilines is 1. The highest BCUT2D eigenvalue weighted by atomic mass is 35.7. The third kappa shape index (κ3) is 6.51. The van der Waals surface area contributed by atoms with Crippen LogP contribution < -0.4 is 28.1 Å².